The molecule has 1 heterocycles. The molecule has 1 saturated carbocycles. The van der Waals surface area contributed by atoms with E-state index in [0.29, 0.717) is 11.2 Å². The van der Waals surface area contributed by atoms with E-state index in [-0.39, 0.29) is 0 Å². The van der Waals surface area contributed by atoms with Crippen LogP contribution < -0.4 is 11.1 Å². The van der Waals surface area contributed by atoms with Crippen LogP contribution in [0.5, 0.6) is 0 Å². The normalized spacial score (nSPS) is 16.7. The molecule has 0 bridgehead atoms. The van der Waals surface area contributed by atoms with Crippen LogP contribution in [-0.4, -0.2) is 21.8 Å². The fourth-order valence-corrected chi connectivity index (χ4v) is 3.44. The van der Waals surface area contributed by atoms with Crippen molar-refractivity contribution in [2.45, 2.75) is 55.7 Å². The molecule has 0 aromatic carbocycles. The smallest absolute Gasteiger partial charge is 0.223 e. The van der Waals surface area contributed by atoms with Crippen molar-refractivity contribution < 1.29 is 0 Å². The van der Waals surface area contributed by atoms with Crippen molar-refractivity contribution in [2.24, 2.45) is 0 Å². The van der Waals surface area contributed by atoms with Gasteiger partial charge in [-0.3, -0.25) is 0 Å². The standard InChI is InChI=1S/C13H22N4S/c1-2-8-15-11-9-12(17-13(14)16-11)18-10-6-4-3-5-7-10/h9-10H,2-8H2,1H3,(H3,14,15,16,17). The first kappa shape index (κ1) is 13.5. The fourth-order valence-electron chi connectivity index (χ4n) is 2.20. The zero-order valence-corrected chi connectivity index (χ0v) is 11.8. The molecule has 1 fully saturated rings. The van der Waals surface area contributed by atoms with Crippen LogP contribution in [0.2, 0.25) is 0 Å². The van der Waals surface area contributed by atoms with Gasteiger partial charge in [0, 0.05) is 17.9 Å². The molecule has 5 heteroatoms. The minimum Gasteiger partial charge on any atom is -0.370 e. The molecule has 0 unspecified atom stereocenters. The maximum Gasteiger partial charge on any atom is 0.223 e. The highest BCUT2D eigenvalue weighted by Crippen LogP contribution is 2.33. The van der Waals surface area contributed by atoms with Gasteiger partial charge in [-0.25, -0.2) is 4.98 Å². The Hall–Kier alpha value is -0.970. The van der Waals surface area contributed by atoms with Gasteiger partial charge in [0.05, 0.1) is 0 Å². The highest BCUT2D eigenvalue weighted by molar-refractivity contribution is 7.99. The second-order valence-corrected chi connectivity index (χ2v) is 6.07. The Morgan fingerprint density at radius 2 is 2.11 bits per heavy atom. The number of hydrogen-bond acceptors (Lipinski definition) is 5. The molecule has 0 aliphatic heterocycles. The molecule has 1 aromatic heterocycles. The van der Waals surface area contributed by atoms with E-state index in [2.05, 4.69) is 22.2 Å². The quantitative estimate of drug-likeness (QED) is 0.801. The van der Waals surface area contributed by atoms with Gasteiger partial charge in [-0.05, 0) is 19.3 Å². The SMILES string of the molecule is CCCNc1cc(SC2CCCCC2)nc(N)n1. The van der Waals surface area contributed by atoms with E-state index in [1.165, 1.54) is 32.1 Å². The molecule has 1 aliphatic carbocycles. The van der Waals surface area contributed by atoms with Crippen molar-refractivity contribution in [1.29, 1.82) is 0 Å². The lowest BCUT2D eigenvalue weighted by atomic mass is 10.0. The van der Waals surface area contributed by atoms with Crippen molar-refractivity contribution in [3.63, 3.8) is 0 Å². The Balaban J connectivity index is 1.99. The molecule has 2 rings (SSSR count). The Labute approximate surface area is 113 Å². The average Bonchev–Trinajstić information content (AvgIpc) is 2.37. The van der Waals surface area contributed by atoms with E-state index in [0.717, 1.165) is 23.8 Å². The molecule has 0 amide bonds. The number of nitrogen functional groups attached to an aromatic ring is 1. The molecule has 0 radical (unpaired) electrons. The fraction of sp³-hybridized carbons (Fsp3) is 0.692. The molecule has 4 nitrogen and oxygen atoms in total. The average molecular weight is 266 g/mol. The largest absolute Gasteiger partial charge is 0.370 e. The number of anilines is 2. The molecule has 1 aromatic rings. The lowest BCUT2D eigenvalue weighted by molar-refractivity contribution is 0.515. The second-order valence-electron chi connectivity index (χ2n) is 4.75. The van der Waals surface area contributed by atoms with Crippen LogP contribution >= 0.6 is 11.8 Å². The Morgan fingerprint density at radius 3 is 2.83 bits per heavy atom. The van der Waals surface area contributed by atoms with Gasteiger partial charge >= 0.3 is 0 Å². The van der Waals surface area contributed by atoms with Gasteiger partial charge in [0.25, 0.3) is 0 Å². The first-order chi connectivity index (χ1) is 8.78. The summed E-state index contributed by atoms with van der Waals surface area (Å²) >= 11 is 1.86. The van der Waals surface area contributed by atoms with Crippen LogP contribution in [0.25, 0.3) is 0 Å². The van der Waals surface area contributed by atoms with Crippen LogP contribution in [0.4, 0.5) is 11.8 Å². The van der Waals surface area contributed by atoms with Crippen LogP contribution in [0.3, 0.4) is 0 Å². The number of nitrogens with one attached hydrogen (secondary N) is 1. The highest BCUT2D eigenvalue weighted by atomic mass is 32.2. The Bertz CT molecular complexity index is 377. The lowest BCUT2D eigenvalue weighted by Gasteiger charge is -2.20. The Morgan fingerprint density at radius 1 is 1.33 bits per heavy atom. The number of thioether (sulfide) groups is 1. The molecule has 0 saturated heterocycles. The van der Waals surface area contributed by atoms with Gasteiger partial charge in [0.2, 0.25) is 5.95 Å². The van der Waals surface area contributed by atoms with Gasteiger partial charge in [-0.2, -0.15) is 4.98 Å². The summed E-state index contributed by atoms with van der Waals surface area (Å²) in [4.78, 5) is 8.53. The maximum atomic E-state index is 5.76. The van der Waals surface area contributed by atoms with Crippen LogP contribution in [-0.2, 0) is 0 Å². The first-order valence-corrected chi connectivity index (χ1v) is 7.71. The van der Waals surface area contributed by atoms with E-state index in [9.17, 15) is 0 Å². The van der Waals surface area contributed by atoms with Crippen molar-refractivity contribution in [3.05, 3.63) is 6.07 Å². The van der Waals surface area contributed by atoms with E-state index >= 15 is 0 Å². The number of nitrogens with two attached hydrogens (primary N) is 1. The number of hydrogen-bond donors (Lipinski definition) is 2. The van der Waals surface area contributed by atoms with E-state index in [1.54, 1.807) is 0 Å². The second kappa shape index (κ2) is 6.83. The molecular formula is C13H22N4S. The summed E-state index contributed by atoms with van der Waals surface area (Å²) in [5.41, 5.74) is 5.76. The summed E-state index contributed by atoms with van der Waals surface area (Å²) in [6.07, 6.45) is 7.75. The summed E-state index contributed by atoms with van der Waals surface area (Å²) in [5, 5.41) is 4.98. The lowest BCUT2D eigenvalue weighted by Crippen LogP contribution is -2.10. The molecule has 3 N–H and O–H groups in total. The van der Waals surface area contributed by atoms with Gasteiger partial charge in [-0.1, -0.05) is 26.2 Å². The van der Waals surface area contributed by atoms with Gasteiger partial charge in [-0.15, -0.1) is 11.8 Å². The minimum absolute atomic E-state index is 0.370. The van der Waals surface area contributed by atoms with Crippen molar-refractivity contribution in [2.75, 3.05) is 17.6 Å². The number of nitrogens with zero attached hydrogens (tertiary/aromatic N) is 2. The zero-order chi connectivity index (χ0) is 12.8. The van der Waals surface area contributed by atoms with Crippen LogP contribution in [0.1, 0.15) is 45.4 Å². The molecule has 0 spiro atoms. The first-order valence-electron chi connectivity index (χ1n) is 6.83. The van der Waals surface area contributed by atoms with Gasteiger partial charge < -0.3 is 11.1 Å². The third-order valence-electron chi connectivity index (χ3n) is 3.12. The summed E-state index contributed by atoms with van der Waals surface area (Å²) < 4.78 is 0. The third kappa shape index (κ3) is 4.05. The molecular weight excluding hydrogens is 244 g/mol. The van der Waals surface area contributed by atoms with Crippen LogP contribution in [0, 0.1) is 0 Å². The van der Waals surface area contributed by atoms with Crippen molar-refractivity contribution >= 4 is 23.5 Å². The monoisotopic (exact) mass is 266 g/mol. The van der Waals surface area contributed by atoms with E-state index in [1.807, 2.05) is 17.8 Å². The molecule has 18 heavy (non-hydrogen) atoms. The number of aromatic nitrogens is 2. The van der Waals surface area contributed by atoms with Gasteiger partial charge in [0.1, 0.15) is 10.8 Å². The number of rotatable bonds is 5. The predicted octanol–water partition coefficient (Wildman–Crippen LogP) is 3.31. The highest BCUT2D eigenvalue weighted by Gasteiger charge is 2.16. The zero-order valence-electron chi connectivity index (χ0n) is 11.0. The van der Waals surface area contributed by atoms with Gasteiger partial charge in [0.15, 0.2) is 0 Å². The summed E-state index contributed by atoms with van der Waals surface area (Å²) in [6.45, 7) is 3.05. The summed E-state index contributed by atoms with van der Waals surface area (Å²) in [5.74, 6) is 1.22. The van der Waals surface area contributed by atoms with Crippen molar-refractivity contribution in [3.8, 4) is 0 Å². The van der Waals surface area contributed by atoms with Crippen LogP contribution in [0.15, 0.2) is 11.1 Å². The minimum atomic E-state index is 0.370. The van der Waals surface area contributed by atoms with E-state index in [4.69, 9.17) is 5.73 Å². The molecule has 0 atom stereocenters. The van der Waals surface area contributed by atoms with E-state index < -0.39 is 0 Å². The summed E-state index contributed by atoms with van der Waals surface area (Å²) in [6, 6.07) is 2.02. The summed E-state index contributed by atoms with van der Waals surface area (Å²) in [7, 11) is 0. The third-order valence-corrected chi connectivity index (χ3v) is 4.37. The Kier molecular flexibility index (Phi) is 5.11. The molecule has 1 aliphatic rings. The van der Waals surface area contributed by atoms with Crippen molar-refractivity contribution in [1.82, 2.24) is 9.97 Å². The topological polar surface area (TPSA) is 63.8 Å². The predicted molar refractivity (Wildman–Crippen MR) is 78.0 cm³/mol. The maximum absolute atomic E-state index is 5.76. The molecule has 100 valence electrons.